The number of nitro groups is 1. The molecule has 3 N–H and O–H groups in total. The summed E-state index contributed by atoms with van der Waals surface area (Å²) in [5, 5.41) is 32.8. The van der Waals surface area contributed by atoms with Crippen LogP contribution in [0.4, 0.5) is 5.69 Å². The van der Waals surface area contributed by atoms with Gasteiger partial charge in [0, 0.05) is 24.1 Å². The Hall–Kier alpha value is -2.77. The quantitative estimate of drug-likeness (QED) is 0.523. The van der Waals surface area contributed by atoms with Crippen LogP contribution in [0.3, 0.4) is 0 Å². The molecule has 2 aromatic carbocycles. The Bertz CT molecular complexity index is 714. The first-order valence-corrected chi connectivity index (χ1v) is 7.32. The number of rotatable bonds is 7. The summed E-state index contributed by atoms with van der Waals surface area (Å²) < 4.78 is 0. The molecule has 0 aromatic heterocycles. The Balaban J connectivity index is 2.22. The van der Waals surface area contributed by atoms with Gasteiger partial charge in [0.05, 0.1) is 23.7 Å². The van der Waals surface area contributed by atoms with Gasteiger partial charge in [-0.05, 0) is 11.6 Å². The maximum Gasteiger partial charge on any atom is 0.270 e. The Labute approximate surface area is 138 Å². The molecule has 7 nitrogen and oxygen atoms in total. The van der Waals surface area contributed by atoms with Gasteiger partial charge in [-0.15, -0.1) is 0 Å². The minimum Gasteiger partial charge on any atom is -0.394 e. The lowest BCUT2D eigenvalue weighted by Gasteiger charge is -2.31. The number of aliphatic hydroxyl groups excluding tert-OH is 2. The summed E-state index contributed by atoms with van der Waals surface area (Å²) in [7, 11) is 0. The lowest BCUT2D eigenvalue weighted by Crippen LogP contribution is -2.55. The van der Waals surface area contributed by atoms with Crippen LogP contribution >= 0.6 is 0 Å². The van der Waals surface area contributed by atoms with Gasteiger partial charge in [-0.3, -0.25) is 14.9 Å². The predicted molar refractivity (Wildman–Crippen MR) is 87.6 cm³/mol. The molecule has 0 unspecified atom stereocenters. The molecule has 0 bridgehead atoms. The van der Waals surface area contributed by atoms with E-state index in [1.807, 2.05) is 30.3 Å². The largest absolute Gasteiger partial charge is 0.394 e. The number of nitrogens with one attached hydrogen (secondary N) is 1. The maximum atomic E-state index is 12.4. The van der Waals surface area contributed by atoms with Crippen molar-refractivity contribution in [2.24, 2.45) is 0 Å². The number of nitro benzene ring substituents is 1. The molecular weight excluding hydrogens is 312 g/mol. The average molecular weight is 330 g/mol. The predicted octanol–water partition coefficient (Wildman–Crippen LogP) is 1.29. The summed E-state index contributed by atoms with van der Waals surface area (Å²) in [5.41, 5.74) is -0.545. The zero-order valence-electron chi connectivity index (χ0n) is 12.9. The lowest BCUT2D eigenvalue weighted by atomic mass is 9.91. The van der Waals surface area contributed by atoms with Crippen LogP contribution in [0.2, 0.25) is 0 Å². The third-order valence-electron chi connectivity index (χ3n) is 3.69. The van der Waals surface area contributed by atoms with Gasteiger partial charge >= 0.3 is 0 Å². The highest BCUT2D eigenvalue weighted by Gasteiger charge is 2.31. The molecule has 2 aromatic rings. The fourth-order valence-corrected chi connectivity index (χ4v) is 2.35. The Kier molecular flexibility index (Phi) is 5.62. The molecular formula is C17H18N2O5. The highest BCUT2D eigenvalue weighted by atomic mass is 16.6. The van der Waals surface area contributed by atoms with Crippen molar-refractivity contribution >= 4 is 11.6 Å². The van der Waals surface area contributed by atoms with Gasteiger partial charge in [0.15, 0.2) is 0 Å². The third kappa shape index (κ3) is 4.15. The number of benzene rings is 2. The highest BCUT2D eigenvalue weighted by molar-refractivity contribution is 5.95. The monoisotopic (exact) mass is 330 g/mol. The molecule has 7 heteroatoms. The average Bonchev–Trinajstić information content (AvgIpc) is 2.62. The van der Waals surface area contributed by atoms with Crippen LogP contribution in [0.25, 0.3) is 0 Å². The molecule has 0 saturated heterocycles. The van der Waals surface area contributed by atoms with Crippen molar-refractivity contribution in [3.8, 4) is 0 Å². The maximum absolute atomic E-state index is 12.4. The molecule has 0 fully saturated rings. The van der Waals surface area contributed by atoms with Gasteiger partial charge in [0.1, 0.15) is 0 Å². The molecule has 0 saturated carbocycles. The van der Waals surface area contributed by atoms with Gasteiger partial charge in [0.25, 0.3) is 11.6 Å². The zero-order valence-corrected chi connectivity index (χ0v) is 12.9. The summed E-state index contributed by atoms with van der Waals surface area (Å²) in [5.74, 6) is -0.599. The van der Waals surface area contributed by atoms with E-state index in [0.717, 1.165) is 11.6 Å². The first-order valence-electron chi connectivity index (χ1n) is 7.32. The molecule has 1 amide bonds. The molecule has 2 rings (SSSR count). The number of amides is 1. The number of nitrogens with zero attached hydrogens (tertiary/aromatic N) is 1. The topological polar surface area (TPSA) is 113 Å². The van der Waals surface area contributed by atoms with E-state index in [9.17, 15) is 25.1 Å². The second kappa shape index (κ2) is 7.67. The van der Waals surface area contributed by atoms with Crippen molar-refractivity contribution < 1.29 is 19.9 Å². The van der Waals surface area contributed by atoms with Crippen molar-refractivity contribution in [3.05, 3.63) is 75.8 Å². The van der Waals surface area contributed by atoms with Crippen molar-refractivity contribution in [2.45, 2.75) is 12.0 Å². The zero-order chi connectivity index (χ0) is 17.6. The fourth-order valence-electron chi connectivity index (χ4n) is 2.35. The standard InChI is InChI=1S/C17H18N2O5/c20-11-17(12-21,10-13-5-2-1-3-6-13)18-16(22)14-7-4-8-15(9-14)19(23)24/h1-9,20-21H,10-12H2,(H,18,22). The van der Waals surface area contributed by atoms with Crippen LogP contribution in [0, 0.1) is 10.1 Å². The van der Waals surface area contributed by atoms with E-state index in [0.29, 0.717) is 0 Å². The number of carbonyl (C=O) groups is 1. The molecule has 0 aliphatic heterocycles. The molecule has 24 heavy (non-hydrogen) atoms. The lowest BCUT2D eigenvalue weighted by molar-refractivity contribution is -0.384. The second-order valence-electron chi connectivity index (χ2n) is 5.52. The number of non-ortho nitro benzene ring substituents is 1. The van der Waals surface area contributed by atoms with Crippen LogP contribution in [0.1, 0.15) is 15.9 Å². The minimum atomic E-state index is -1.26. The fraction of sp³-hybridized carbons (Fsp3) is 0.235. The molecule has 126 valence electrons. The number of aliphatic hydroxyl groups is 2. The van der Waals surface area contributed by atoms with Crippen LogP contribution in [0.15, 0.2) is 54.6 Å². The van der Waals surface area contributed by atoms with E-state index in [2.05, 4.69) is 5.32 Å². The van der Waals surface area contributed by atoms with E-state index in [4.69, 9.17) is 0 Å². The second-order valence-corrected chi connectivity index (χ2v) is 5.52. The van der Waals surface area contributed by atoms with Crippen molar-refractivity contribution in [2.75, 3.05) is 13.2 Å². The normalized spacial score (nSPS) is 11.1. The summed E-state index contributed by atoms with van der Waals surface area (Å²) in [4.78, 5) is 22.6. The Morgan fingerprint density at radius 2 is 1.75 bits per heavy atom. The third-order valence-corrected chi connectivity index (χ3v) is 3.69. The van der Waals surface area contributed by atoms with Crippen LogP contribution in [0.5, 0.6) is 0 Å². The number of hydrogen-bond donors (Lipinski definition) is 3. The van der Waals surface area contributed by atoms with Crippen LogP contribution in [-0.2, 0) is 6.42 Å². The molecule has 0 heterocycles. The Morgan fingerprint density at radius 1 is 1.08 bits per heavy atom. The molecule has 0 atom stereocenters. The first kappa shape index (κ1) is 17.6. The van der Waals surface area contributed by atoms with Gasteiger partial charge in [-0.25, -0.2) is 0 Å². The van der Waals surface area contributed by atoms with Crippen LogP contribution in [-0.4, -0.2) is 39.8 Å². The smallest absolute Gasteiger partial charge is 0.270 e. The molecule has 0 spiro atoms. The first-order chi connectivity index (χ1) is 11.5. The Morgan fingerprint density at radius 3 is 2.33 bits per heavy atom. The summed E-state index contributed by atoms with van der Waals surface area (Å²) in [6, 6.07) is 14.4. The molecule has 0 radical (unpaired) electrons. The van der Waals surface area contributed by atoms with E-state index < -0.39 is 29.6 Å². The minimum absolute atomic E-state index is 0.0866. The van der Waals surface area contributed by atoms with E-state index >= 15 is 0 Å². The van der Waals surface area contributed by atoms with E-state index in [1.165, 1.54) is 18.2 Å². The summed E-state index contributed by atoms with van der Waals surface area (Å²) in [6.07, 6.45) is 0.224. The summed E-state index contributed by atoms with van der Waals surface area (Å²) >= 11 is 0. The van der Waals surface area contributed by atoms with Gasteiger partial charge in [0.2, 0.25) is 0 Å². The van der Waals surface area contributed by atoms with Crippen molar-refractivity contribution in [3.63, 3.8) is 0 Å². The number of carbonyl (C=O) groups excluding carboxylic acids is 1. The van der Waals surface area contributed by atoms with Gasteiger partial charge < -0.3 is 15.5 Å². The van der Waals surface area contributed by atoms with E-state index in [1.54, 1.807) is 0 Å². The van der Waals surface area contributed by atoms with Crippen LogP contribution < -0.4 is 5.32 Å². The highest BCUT2D eigenvalue weighted by Crippen LogP contribution is 2.17. The number of hydrogen-bond acceptors (Lipinski definition) is 5. The molecule has 0 aliphatic carbocycles. The van der Waals surface area contributed by atoms with Gasteiger partial charge in [-0.1, -0.05) is 36.4 Å². The van der Waals surface area contributed by atoms with E-state index in [-0.39, 0.29) is 17.7 Å². The van der Waals surface area contributed by atoms with Crippen molar-refractivity contribution in [1.29, 1.82) is 0 Å². The summed E-state index contributed by atoms with van der Waals surface area (Å²) in [6.45, 7) is -0.946. The van der Waals surface area contributed by atoms with Gasteiger partial charge in [-0.2, -0.15) is 0 Å². The van der Waals surface area contributed by atoms with Crippen molar-refractivity contribution in [1.82, 2.24) is 5.32 Å². The molecule has 0 aliphatic rings. The SMILES string of the molecule is O=C(NC(CO)(CO)Cc1ccccc1)c1cccc([N+](=O)[O-])c1.